The highest BCUT2D eigenvalue weighted by Crippen LogP contribution is 2.40. The quantitative estimate of drug-likeness (QED) is 0.625. The summed E-state index contributed by atoms with van der Waals surface area (Å²) in [5.74, 6) is 0.345. The van der Waals surface area contributed by atoms with Crippen LogP contribution in [0.5, 0.6) is 0 Å². The van der Waals surface area contributed by atoms with Gasteiger partial charge in [-0.3, -0.25) is 9.59 Å². The molecule has 0 N–H and O–H groups in total. The van der Waals surface area contributed by atoms with Gasteiger partial charge in [0.25, 0.3) is 11.5 Å². The van der Waals surface area contributed by atoms with Crippen LogP contribution in [-0.2, 0) is 6.54 Å². The highest BCUT2D eigenvalue weighted by Gasteiger charge is 2.38. The largest absolute Gasteiger partial charge is 0.378 e. The number of anilines is 1. The lowest BCUT2D eigenvalue weighted by Crippen LogP contribution is -2.49. The van der Waals surface area contributed by atoms with Crippen molar-refractivity contribution in [3.8, 4) is 17.2 Å². The number of nitrogens with zero attached hydrogens (tertiary/aromatic N) is 4. The molecule has 2 aliphatic rings. The van der Waals surface area contributed by atoms with Crippen LogP contribution in [0, 0.1) is 17.2 Å². The van der Waals surface area contributed by atoms with Gasteiger partial charge >= 0.3 is 0 Å². The van der Waals surface area contributed by atoms with Gasteiger partial charge in [-0.15, -0.1) is 0 Å². The first-order chi connectivity index (χ1) is 15.9. The molecule has 1 saturated heterocycles. The fraction of sp³-hybridized carbons (Fsp3) is 0.296. The van der Waals surface area contributed by atoms with Crippen LogP contribution in [-0.4, -0.2) is 42.6 Å². The van der Waals surface area contributed by atoms with Gasteiger partial charge in [-0.25, -0.2) is 0 Å². The van der Waals surface area contributed by atoms with Gasteiger partial charge in [0, 0.05) is 68.2 Å². The van der Waals surface area contributed by atoms with Crippen LogP contribution < -0.4 is 10.5 Å². The zero-order valence-electron chi connectivity index (χ0n) is 18.9. The SMILES string of the molecule is CN(C)c1ccc(-c2ccc(=O)n3c2[C@@H]2C[C@@H](CN(C(=O)c4ccc(C#N)cc4)C2)C3)cc1. The normalized spacial score (nSPS) is 18.9. The zero-order valence-corrected chi connectivity index (χ0v) is 18.9. The fourth-order valence-corrected chi connectivity index (χ4v) is 5.23. The number of pyridine rings is 1. The summed E-state index contributed by atoms with van der Waals surface area (Å²) in [6.45, 7) is 1.86. The van der Waals surface area contributed by atoms with Crippen molar-refractivity contribution in [1.29, 1.82) is 5.26 Å². The minimum absolute atomic E-state index is 0.0159. The number of rotatable bonds is 3. The van der Waals surface area contributed by atoms with E-state index in [1.165, 1.54) is 0 Å². The Morgan fingerprint density at radius 2 is 1.70 bits per heavy atom. The number of nitriles is 1. The minimum atomic E-state index is -0.0159. The third kappa shape index (κ3) is 3.80. The molecule has 1 amide bonds. The Labute approximate surface area is 193 Å². The van der Waals surface area contributed by atoms with Gasteiger partial charge in [0.2, 0.25) is 0 Å². The standard InChI is InChI=1S/C27H26N4O2/c1-29(2)23-9-7-20(8-10-23)24-11-12-25(32)31-16-19-13-22(26(24)31)17-30(15-19)27(33)21-5-3-18(14-28)4-6-21/h3-12,19,22H,13,15-17H2,1-2H3/t19-,22+/m0/s1. The van der Waals surface area contributed by atoms with Crippen molar-refractivity contribution in [2.24, 2.45) is 5.92 Å². The second-order valence-corrected chi connectivity index (χ2v) is 9.22. The van der Waals surface area contributed by atoms with E-state index in [0.29, 0.717) is 30.8 Å². The van der Waals surface area contributed by atoms with Crippen LogP contribution in [0.2, 0.25) is 0 Å². The first-order valence-corrected chi connectivity index (χ1v) is 11.3. The van der Waals surface area contributed by atoms with E-state index in [-0.39, 0.29) is 23.3 Å². The van der Waals surface area contributed by atoms with Gasteiger partial charge in [-0.1, -0.05) is 12.1 Å². The Hall–Kier alpha value is -3.85. The first kappa shape index (κ1) is 21.0. The number of aromatic nitrogens is 1. The number of fused-ring (bicyclic) bond motifs is 4. The summed E-state index contributed by atoms with van der Waals surface area (Å²) in [6.07, 6.45) is 0.976. The third-order valence-electron chi connectivity index (χ3n) is 6.83. The summed E-state index contributed by atoms with van der Waals surface area (Å²) in [7, 11) is 4.03. The lowest BCUT2D eigenvalue weighted by atomic mass is 9.80. The number of likely N-dealkylation sites (tertiary alicyclic amines) is 1. The van der Waals surface area contributed by atoms with Gasteiger partial charge in [0.05, 0.1) is 11.6 Å². The van der Waals surface area contributed by atoms with Crippen molar-refractivity contribution in [2.45, 2.75) is 18.9 Å². The molecule has 1 fully saturated rings. The summed E-state index contributed by atoms with van der Waals surface area (Å²) >= 11 is 0. The maximum Gasteiger partial charge on any atom is 0.253 e. The lowest BCUT2D eigenvalue weighted by molar-refractivity contribution is 0.0595. The van der Waals surface area contributed by atoms with Crippen molar-refractivity contribution in [2.75, 3.05) is 32.1 Å². The molecule has 0 aliphatic carbocycles. The van der Waals surface area contributed by atoms with E-state index in [1.807, 2.05) is 29.6 Å². The van der Waals surface area contributed by atoms with Gasteiger partial charge in [0.1, 0.15) is 0 Å². The molecule has 0 unspecified atom stereocenters. The smallest absolute Gasteiger partial charge is 0.253 e. The number of carbonyl (C=O) groups is 1. The van der Waals surface area contributed by atoms with E-state index in [0.717, 1.165) is 28.9 Å². The molecule has 3 aromatic rings. The van der Waals surface area contributed by atoms with Crippen LogP contribution in [0.4, 0.5) is 5.69 Å². The topological polar surface area (TPSA) is 69.3 Å². The maximum atomic E-state index is 13.2. The van der Waals surface area contributed by atoms with Crippen molar-refractivity contribution in [3.63, 3.8) is 0 Å². The Morgan fingerprint density at radius 1 is 0.970 bits per heavy atom. The van der Waals surface area contributed by atoms with E-state index in [4.69, 9.17) is 5.26 Å². The molecule has 0 saturated carbocycles. The molecule has 0 radical (unpaired) electrons. The van der Waals surface area contributed by atoms with Crippen molar-refractivity contribution < 1.29 is 4.79 Å². The summed E-state index contributed by atoms with van der Waals surface area (Å²) in [6, 6.07) is 20.9. The molecule has 2 bridgehead atoms. The van der Waals surface area contributed by atoms with Gasteiger partial charge in [-0.05, 0) is 60.4 Å². The molecular formula is C27H26N4O2. The fourth-order valence-electron chi connectivity index (χ4n) is 5.23. The predicted molar refractivity (Wildman–Crippen MR) is 128 cm³/mol. The molecule has 2 aliphatic heterocycles. The number of piperidine rings is 1. The monoisotopic (exact) mass is 438 g/mol. The zero-order chi connectivity index (χ0) is 23.1. The van der Waals surface area contributed by atoms with Crippen molar-refractivity contribution >= 4 is 11.6 Å². The average molecular weight is 439 g/mol. The molecule has 166 valence electrons. The van der Waals surface area contributed by atoms with Gasteiger partial charge < -0.3 is 14.4 Å². The average Bonchev–Trinajstić information content (AvgIpc) is 2.84. The van der Waals surface area contributed by atoms with E-state index in [2.05, 4.69) is 35.2 Å². The van der Waals surface area contributed by atoms with E-state index in [9.17, 15) is 9.59 Å². The van der Waals surface area contributed by atoms with Crippen molar-refractivity contribution in [3.05, 3.63) is 87.8 Å². The number of hydrogen-bond acceptors (Lipinski definition) is 4. The Morgan fingerprint density at radius 3 is 2.36 bits per heavy atom. The van der Waals surface area contributed by atoms with E-state index < -0.39 is 0 Å². The summed E-state index contributed by atoms with van der Waals surface area (Å²) in [4.78, 5) is 30.0. The second kappa shape index (κ2) is 8.25. The number of carbonyl (C=O) groups excluding carboxylic acids is 1. The molecule has 2 atom stereocenters. The van der Waals surface area contributed by atoms with Crippen LogP contribution in [0.15, 0.2) is 65.5 Å². The third-order valence-corrected chi connectivity index (χ3v) is 6.83. The highest BCUT2D eigenvalue weighted by molar-refractivity contribution is 5.94. The minimum Gasteiger partial charge on any atom is -0.378 e. The predicted octanol–water partition coefficient (Wildman–Crippen LogP) is 3.71. The van der Waals surface area contributed by atoms with Crippen LogP contribution in [0.25, 0.3) is 11.1 Å². The molecule has 33 heavy (non-hydrogen) atoms. The molecular weight excluding hydrogens is 412 g/mol. The Balaban J connectivity index is 1.49. The lowest BCUT2D eigenvalue weighted by Gasteiger charge is -2.43. The Bertz CT molecular complexity index is 1300. The van der Waals surface area contributed by atoms with E-state index in [1.54, 1.807) is 30.3 Å². The number of benzene rings is 2. The first-order valence-electron chi connectivity index (χ1n) is 11.3. The van der Waals surface area contributed by atoms with Crippen LogP contribution >= 0.6 is 0 Å². The van der Waals surface area contributed by atoms with E-state index >= 15 is 0 Å². The Kier molecular flexibility index (Phi) is 5.26. The van der Waals surface area contributed by atoms with Crippen LogP contribution in [0.3, 0.4) is 0 Å². The second-order valence-electron chi connectivity index (χ2n) is 9.22. The highest BCUT2D eigenvalue weighted by atomic mass is 16.2. The molecule has 5 rings (SSSR count). The van der Waals surface area contributed by atoms with Crippen molar-refractivity contribution in [1.82, 2.24) is 9.47 Å². The number of amides is 1. The summed E-state index contributed by atoms with van der Waals surface area (Å²) < 4.78 is 1.93. The van der Waals surface area contributed by atoms with Crippen LogP contribution in [0.1, 0.15) is 34.0 Å². The number of hydrogen-bond donors (Lipinski definition) is 0. The molecule has 3 heterocycles. The molecule has 0 spiro atoms. The molecule has 1 aromatic heterocycles. The molecule has 6 nitrogen and oxygen atoms in total. The van der Waals surface area contributed by atoms with Gasteiger partial charge in [0.15, 0.2) is 0 Å². The maximum absolute atomic E-state index is 13.2. The summed E-state index contributed by atoms with van der Waals surface area (Å²) in [5, 5.41) is 9.03. The van der Waals surface area contributed by atoms with Gasteiger partial charge in [-0.2, -0.15) is 5.26 Å². The molecule has 2 aromatic carbocycles. The molecule has 6 heteroatoms. The summed E-state index contributed by atoms with van der Waals surface area (Å²) in [5.41, 5.74) is 5.47.